The van der Waals surface area contributed by atoms with Gasteiger partial charge in [-0.05, 0) is 25.3 Å². The first-order valence-corrected chi connectivity index (χ1v) is 6.00. The van der Waals surface area contributed by atoms with Crippen LogP contribution in [-0.4, -0.2) is 36.1 Å². The third kappa shape index (κ3) is 5.68. The van der Waals surface area contributed by atoms with Crippen LogP contribution >= 0.6 is 0 Å². The van der Waals surface area contributed by atoms with Crippen molar-refractivity contribution in [3.8, 4) is 0 Å². The van der Waals surface area contributed by atoms with Crippen molar-refractivity contribution in [2.75, 3.05) is 7.05 Å². The van der Waals surface area contributed by atoms with E-state index in [2.05, 4.69) is 10.6 Å². The average Bonchev–Trinajstić information content (AvgIpc) is 2.20. The van der Waals surface area contributed by atoms with Gasteiger partial charge in [-0.25, -0.2) is 4.79 Å². The summed E-state index contributed by atoms with van der Waals surface area (Å²) in [4.78, 5) is 22.9. The van der Waals surface area contributed by atoms with E-state index in [9.17, 15) is 9.59 Å². The van der Waals surface area contributed by atoms with Crippen molar-refractivity contribution in [1.29, 1.82) is 0 Å². The Morgan fingerprint density at radius 3 is 2.00 bits per heavy atom. The fraction of sp³-hybridized carbons (Fsp3) is 0.833. The molecule has 2 unspecified atom stereocenters. The summed E-state index contributed by atoms with van der Waals surface area (Å²) in [5.41, 5.74) is 0. The van der Waals surface area contributed by atoms with Gasteiger partial charge >= 0.3 is 5.97 Å². The van der Waals surface area contributed by atoms with E-state index in [0.29, 0.717) is 12.3 Å². The highest BCUT2D eigenvalue weighted by atomic mass is 16.4. The fourth-order valence-electron chi connectivity index (χ4n) is 1.59. The van der Waals surface area contributed by atoms with E-state index >= 15 is 0 Å². The zero-order valence-electron chi connectivity index (χ0n) is 11.3. The molecule has 5 heteroatoms. The van der Waals surface area contributed by atoms with Crippen LogP contribution in [0, 0.1) is 11.8 Å². The number of likely N-dealkylation sites (N-methyl/N-ethyl adjacent to an activating group) is 1. The minimum absolute atomic E-state index is 0.131. The molecule has 0 aliphatic carbocycles. The van der Waals surface area contributed by atoms with Gasteiger partial charge in [0.05, 0.1) is 6.04 Å². The number of carboxylic acids is 1. The molecule has 17 heavy (non-hydrogen) atoms. The predicted octanol–water partition coefficient (Wildman–Crippen LogP) is 0.846. The quantitative estimate of drug-likeness (QED) is 0.620. The van der Waals surface area contributed by atoms with E-state index in [1.165, 1.54) is 0 Å². The monoisotopic (exact) mass is 244 g/mol. The third-order valence-corrected chi connectivity index (χ3v) is 2.60. The van der Waals surface area contributed by atoms with Crippen LogP contribution in [0.3, 0.4) is 0 Å². The summed E-state index contributed by atoms with van der Waals surface area (Å²) >= 11 is 0. The fourth-order valence-corrected chi connectivity index (χ4v) is 1.59. The lowest BCUT2D eigenvalue weighted by atomic mass is 10.0. The SMILES string of the molecule is CNC(CC(C)C)C(=O)NC(C(=O)O)C(C)C. The maximum atomic E-state index is 11.9. The molecule has 100 valence electrons. The van der Waals surface area contributed by atoms with Crippen LogP contribution in [0.2, 0.25) is 0 Å². The third-order valence-electron chi connectivity index (χ3n) is 2.60. The molecule has 0 rings (SSSR count). The van der Waals surface area contributed by atoms with E-state index in [1.807, 2.05) is 13.8 Å². The molecule has 0 aromatic carbocycles. The molecule has 0 spiro atoms. The van der Waals surface area contributed by atoms with Gasteiger partial charge in [0.15, 0.2) is 0 Å². The number of amides is 1. The molecule has 2 atom stereocenters. The van der Waals surface area contributed by atoms with Gasteiger partial charge in [-0.3, -0.25) is 4.79 Å². The molecule has 0 aliphatic heterocycles. The van der Waals surface area contributed by atoms with E-state index in [4.69, 9.17) is 5.11 Å². The molecule has 0 bridgehead atoms. The van der Waals surface area contributed by atoms with E-state index in [1.54, 1.807) is 20.9 Å². The summed E-state index contributed by atoms with van der Waals surface area (Å²) in [5, 5.41) is 14.5. The second kappa shape index (κ2) is 7.27. The first kappa shape index (κ1) is 15.9. The Labute approximate surface area is 103 Å². The van der Waals surface area contributed by atoms with Crippen LogP contribution in [0.4, 0.5) is 0 Å². The van der Waals surface area contributed by atoms with Gasteiger partial charge in [-0.1, -0.05) is 27.7 Å². The van der Waals surface area contributed by atoms with Crippen molar-refractivity contribution in [3.63, 3.8) is 0 Å². The lowest BCUT2D eigenvalue weighted by Gasteiger charge is -2.23. The second-order valence-electron chi connectivity index (χ2n) is 5.04. The Hall–Kier alpha value is -1.10. The number of rotatable bonds is 7. The highest BCUT2D eigenvalue weighted by Crippen LogP contribution is 2.07. The molecule has 0 radical (unpaired) electrons. The van der Waals surface area contributed by atoms with Gasteiger partial charge in [-0.15, -0.1) is 0 Å². The van der Waals surface area contributed by atoms with Crippen LogP contribution in [0.1, 0.15) is 34.1 Å². The highest BCUT2D eigenvalue weighted by Gasteiger charge is 2.26. The highest BCUT2D eigenvalue weighted by molar-refractivity contribution is 5.87. The van der Waals surface area contributed by atoms with Crippen LogP contribution in [0.5, 0.6) is 0 Å². The number of aliphatic carboxylic acids is 1. The first-order valence-electron chi connectivity index (χ1n) is 6.00. The molecule has 0 fully saturated rings. The average molecular weight is 244 g/mol. The zero-order chi connectivity index (χ0) is 13.6. The molecule has 1 amide bonds. The molecular weight excluding hydrogens is 220 g/mol. The van der Waals surface area contributed by atoms with Crippen LogP contribution in [0.25, 0.3) is 0 Å². The summed E-state index contributed by atoms with van der Waals surface area (Å²) in [6.07, 6.45) is 0.687. The summed E-state index contributed by atoms with van der Waals surface area (Å²) in [5.74, 6) is -0.997. The normalized spacial score (nSPS) is 14.8. The number of hydrogen-bond acceptors (Lipinski definition) is 3. The Bertz CT molecular complexity index is 264. The molecule has 0 aromatic rings. The summed E-state index contributed by atoms with van der Waals surface area (Å²) < 4.78 is 0. The van der Waals surface area contributed by atoms with Gasteiger partial charge in [0.25, 0.3) is 0 Å². The Kier molecular flexibility index (Phi) is 6.80. The summed E-state index contributed by atoms with van der Waals surface area (Å²) in [7, 11) is 1.71. The number of carbonyl (C=O) groups is 2. The maximum Gasteiger partial charge on any atom is 0.326 e. The molecular formula is C12H24N2O3. The molecule has 0 aromatic heterocycles. The number of nitrogens with one attached hydrogen (secondary N) is 2. The van der Waals surface area contributed by atoms with Crippen LogP contribution in [0.15, 0.2) is 0 Å². The van der Waals surface area contributed by atoms with Gasteiger partial charge < -0.3 is 15.7 Å². The Morgan fingerprint density at radius 2 is 1.71 bits per heavy atom. The topological polar surface area (TPSA) is 78.4 Å². The van der Waals surface area contributed by atoms with E-state index < -0.39 is 12.0 Å². The lowest BCUT2D eigenvalue weighted by Crippen LogP contribution is -2.51. The molecule has 0 aliphatic rings. The van der Waals surface area contributed by atoms with E-state index in [-0.39, 0.29) is 17.9 Å². The van der Waals surface area contributed by atoms with Crippen LogP contribution in [-0.2, 0) is 9.59 Å². The Morgan fingerprint density at radius 1 is 1.18 bits per heavy atom. The first-order chi connectivity index (χ1) is 7.79. The standard InChI is InChI=1S/C12H24N2O3/c1-7(2)6-9(13-5)11(15)14-10(8(3)4)12(16)17/h7-10,13H,6H2,1-5H3,(H,14,15)(H,16,17). The summed E-state index contributed by atoms with van der Waals surface area (Å²) in [6.45, 7) is 7.59. The van der Waals surface area contributed by atoms with Crippen molar-refractivity contribution < 1.29 is 14.7 Å². The summed E-state index contributed by atoms with van der Waals surface area (Å²) in [6, 6.07) is -1.17. The van der Waals surface area contributed by atoms with Crippen molar-refractivity contribution in [1.82, 2.24) is 10.6 Å². The Balaban J connectivity index is 4.52. The number of carboxylic acid groups (broad SMARTS) is 1. The minimum Gasteiger partial charge on any atom is -0.480 e. The molecule has 3 N–H and O–H groups in total. The predicted molar refractivity (Wildman–Crippen MR) is 66.7 cm³/mol. The molecule has 5 nitrogen and oxygen atoms in total. The van der Waals surface area contributed by atoms with Gasteiger partial charge in [0.1, 0.15) is 6.04 Å². The molecule has 0 saturated heterocycles. The molecule has 0 heterocycles. The number of carbonyl (C=O) groups excluding carboxylic acids is 1. The largest absolute Gasteiger partial charge is 0.480 e. The zero-order valence-corrected chi connectivity index (χ0v) is 11.3. The smallest absolute Gasteiger partial charge is 0.326 e. The van der Waals surface area contributed by atoms with Gasteiger partial charge in [0.2, 0.25) is 5.91 Å². The minimum atomic E-state index is -0.993. The van der Waals surface area contributed by atoms with Gasteiger partial charge in [0, 0.05) is 0 Å². The van der Waals surface area contributed by atoms with Gasteiger partial charge in [-0.2, -0.15) is 0 Å². The van der Waals surface area contributed by atoms with Crippen molar-refractivity contribution in [3.05, 3.63) is 0 Å². The van der Waals surface area contributed by atoms with E-state index in [0.717, 1.165) is 0 Å². The molecule has 0 saturated carbocycles. The second-order valence-corrected chi connectivity index (χ2v) is 5.04. The van der Waals surface area contributed by atoms with Crippen LogP contribution < -0.4 is 10.6 Å². The van der Waals surface area contributed by atoms with Crippen molar-refractivity contribution in [2.24, 2.45) is 11.8 Å². The lowest BCUT2D eigenvalue weighted by molar-refractivity contribution is -0.143. The van der Waals surface area contributed by atoms with Crippen molar-refractivity contribution >= 4 is 11.9 Å². The maximum absolute atomic E-state index is 11.9. The van der Waals surface area contributed by atoms with Crippen molar-refractivity contribution in [2.45, 2.75) is 46.2 Å². The number of hydrogen-bond donors (Lipinski definition) is 3.